The number of carbonyl (C=O) groups is 2. The number of nitrogens with zero attached hydrogens (tertiary/aromatic N) is 1. The normalized spacial score (nSPS) is 20.9. The van der Waals surface area contributed by atoms with E-state index in [1.165, 1.54) is 6.07 Å². The molecule has 148 valence electrons. The number of likely N-dealkylation sites (tertiary alicyclic amines) is 1. The maximum absolute atomic E-state index is 14.6. The fourth-order valence-corrected chi connectivity index (χ4v) is 4.09. The molecule has 2 aliphatic rings. The van der Waals surface area contributed by atoms with E-state index >= 15 is 0 Å². The molecule has 28 heavy (non-hydrogen) atoms. The molecule has 1 fully saturated rings. The van der Waals surface area contributed by atoms with E-state index in [1.54, 1.807) is 11.0 Å². The first-order valence-corrected chi connectivity index (χ1v) is 9.23. The summed E-state index contributed by atoms with van der Waals surface area (Å²) in [5, 5.41) is 2.66. The van der Waals surface area contributed by atoms with Crippen LogP contribution < -0.4 is 11.1 Å². The van der Waals surface area contributed by atoms with Gasteiger partial charge < -0.3 is 16.0 Å². The van der Waals surface area contributed by atoms with Crippen LogP contribution in [0.15, 0.2) is 42.5 Å². The summed E-state index contributed by atoms with van der Waals surface area (Å²) in [4.78, 5) is 26.2. The quantitative estimate of drug-likeness (QED) is 0.827. The van der Waals surface area contributed by atoms with Gasteiger partial charge in [0, 0.05) is 31.1 Å². The lowest BCUT2D eigenvalue weighted by Gasteiger charge is -2.21. The predicted molar refractivity (Wildman–Crippen MR) is 108 cm³/mol. The Hall–Kier alpha value is -2.44. The smallest absolute Gasteiger partial charge is 0.256 e. The van der Waals surface area contributed by atoms with Crippen molar-refractivity contribution in [1.29, 1.82) is 0 Å². The molecule has 4 rings (SSSR count). The topological polar surface area (TPSA) is 75.4 Å². The van der Waals surface area contributed by atoms with E-state index in [0.29, 0.717) is 38.2 Å². The Morgan fingerprint density at radius 2 is 1.93 bits per heavy atom. The van der Waals surface area contributed by atoms with Crippen molar-refractivity contribution in [3.63, 3.8) is 0 Å². The van der Waals surface area contributed by atoms with Crippen LogP contribution in [0.5, 0.6) is 0 Å². The zero-order chi connectivity index (χ0) is 19.0. The van der Waals surface area contributed by atoms with Crippen molar-refractivity contribution in [2.45, 2.75) is 18.8 Å². The molecule has 0 unspecified atom stereocenters. The summed E-state index contributed by atoms with van der Waals surface area (Å²) in [7, 11) is 0. The highest BCUT2D eigenvalue weighted by atomic mass is 35.5. The molecule has 0 saturated carbocycles. The van der Waals surface area contributed by atoms with Crippen molar-refractivity contribution in [3.8, 4) is 0 Å². The fourth-order valence-electron chi connectivity index (χ4n) is 4.09. The number of nitrogens with two attached hydrogens (primary N) is 1. The molecule has 2 atom stereocenters. The van der Waals surface area contributed by atoms with E-state index in [1.807, 2.05) is 30.3 Å². The van der Waals surface area contributed by atoms with Gasteiger partial charge in [0.15, 0.2) is 0 Å². The zero-order valence-corrected chi connectivity index (χ0v) is 16.2. The van der Waals surface area contributed by atoms with Crippen LogP contribution in [0.4, 0.5) is 10.1 Å². The minimum absolute atomic E-state index is 0. The number of hydrogen-bond donors (Lipinski definition) is 2. The van der Waals surface area contributed by atoms with Crippen LogP contribution in [-0.2, 0) is 11.2 Å². The van der Waals surface area contributed by atoms with Gasteiger partial charge in [0.05, 0.1) is 5.56 Å². The van der Waals surface area contributed by atoms with E-state index in [2.05, 4.69) is 5.32 Å². The van der Waals surface area contributed by atoms with Crippen LogP contribution in [0, 0.1) is 11.7 Å². The molecule has 3 N–H and O–H groups in total. The average Bonchev–Trinajstić information content (AvgIpc) is 3.12. The van der Waals surface area contributed by atoms with E-state index in [-0.39, 0.29) is 41.6 Å². The SMILES string of the molecule is Cl.NC[C@@H]1CN(C(=O)c2cc3c(cc2F)NC(=O)CC3)C[C@H]1c1ccccc1. The van der Waals surface area contributed by atoms with Crippen LogP contribution in [0.2, 0.25) is 0 Å². The van der Waals surface area contributed by atoms with Crippen LogP contribution in [0.1, 0.15) is 33.8 Å². The molecular weight excluding hydrogens is 381 g/mol. The molecule has 7 heteroatoms. The third-order valence-electron chi connectivity index (χ3n) is 5.58. The fraction of sp³-hybridized carbons (Fsp3) is 0.333. The second-order valence-electron chi connectivity index (χ2n) is 7.26. The first-order chi connectivity index (χ1) is 13.1. The number of rotatable bonds is 3. The Bertz CT molecular complexity index is 891. The molecule has 5 nitrogen and oxygen atoms in total. The van der Waals surface area contributed by atoms with Gasteiger partial charge in [-0.25, -0.2) is 4.39 Å². The van der Waals surface area contributed by atoms with Crippen molar-refractivity contribution >= 4 is 29.9 Å². The highest BCUT2D eigenvalue weighted by molar-refractivity contribution is 5.98. The second kappa shape index (κ2) is 8.29. The Kier molecular flexibility index (Phi) is 6.01. The lowest BCUT2D eigenvalue weighted by molar-refractivity contribution is -0.116. The summed E-state index contributed by atoms with van der Waals surface area (Å²) in [5.74, 6) is -0.744. The van der Waals surface area contributed by atoms with Crippen molar-refractivity contribution in [3.05, 3.63) is 65.0 Å². The van der Waals surface area contributed by atoms with Crippen molar-refractivity contribution in [2.24, 2.45) is 11.7 Å². The van der Waals surface area contributed by atoms with Gasteiger partial charge in [0.2, 0.25) is 5.91 Å². The van der Waals surface area contributed by atoms with Crippen molar-refractivity contribution < 1.29 is 14.0 Å². The highest BCUT2D eigenvalue weighted by Gasteiger charge is 2.36. The van der Waals surface area contributed by atoms with Crippen LogP contribution in [0.3, 0.4) is 0 Å². The van der Waals surface area contributed by atoms with Gasteiger partial charge >= 0.3 is 0 Å². The molecule has 0 spiro atoms. The molecular formula is C21H23ClFN3O2. The van der Waals surface area contributed by atoms with Gasteiger partial charge in [0.25, 0.3) is 5.91 Å². The molecule has 2 aromatic carbocycles. The monoisotopic (exact) mass is 403 g/mol. The predicted octanol–water partition coefficient (Wildman–Crippen LogP) is 2.95. The van der Waals surface area contributed by atoms with Gasteiger partial charge in [-0.2, -0.15) is 0 Å². The number of nitrogens with one attached hydrogen (secondary N) is 1. The Balaban J connectivity index is 0.00000225. The summed E-state index contributed by atoms with van der Waals surface area (Å²) in [6, 6.07) is 12.8. The van der Waals surface area contributed by atoms with Gasteiger partial charge in [-0.3, -0.25) is 9.59 Å². The Labute approximate surface area is 169 Å². The van der Waals surface area contributed by atoms with Crippen LogP contribution in [-0.4, -0.2) is 36.3 Å². The van der Waals surface area contributed by atoms with E-state index in [9.17, 15) is 14.0 Å². The van der Waals surface area contributed by atoms with Crippen LogP contribution >= 0.6 is 12.4 Å². The number of hydrogen-bond acceptors (Lipinski definition) is 3. The minimum Gasteiger partial charge on any atom is -0.338 e. The first kappa shape index (κ1) is 20.3. The number of amides is 2. The largest absolute Gasteiger partial charge is 0.338 e. The number of halogens is 2. The molecule has 0 aliphatic carbocycles. The molecule has 2 aromatic rings. The summed E-state index contributed by atoms with van der Waals surface area (Å²) in [5.41, 5.74) is 8.42. The van der Waals surface area contributed by atoms with Crippen molar-refractivity contribution in [2.75, 3.05) is 25.0 Å². The Morgan fingerprint density at radius 3 is 2.64 bits per heavy atom. The summed E-state index contributed by atoms with van der Waals surface area (Å²) >= 11 is 0. The van der Waals surface area contributed by atoms with Crippen LogP contribution in [0.25, 0.3) is 0 Å². The molecule has 0 aromatic heterocycles. The molecule has 0 radical (unpaired) electrons. The third-order valence-corrected chi connectivity index (χ3v) is 5.58. The molecule has 1 saturated heterocycles. The summed E-state index contributed by atoms with van der Waals surface area (Å²) in [6.45, 7) is 1.52. The van der Waals surface area contributed by atoms with Gasteiger partial charge in [-0.1, -0.05) is 30.3 Å². The summed E-state index contributed by atoms with van der Waals surface area (Å²) in [6.07, 6.45) is 0.862. The number of carbonyl (C=O) groups excluding carboxylic acids is 2. The summed E-state index contributed by atoms with van der Waals surface area (Å²) < 4.78 is 14.6. The van der Waals surface area contributed by atoms with Gasteiger partial charge in [-0.15, -0.1) is 12.4 Å². The highest BCUT2D eigenvalue weighted by Crippen LogP contribution is 2.34. The number of benzene rings is 2. The molecule has 2 heterocycles. The third kappa shape index (κ3) is 3.75. The standard InChI is InChI=1S/C21H22FN3O2.ClH/c22-18-9-19-14(6-7-20(26)24-19)8-16(18)21(27)25-11-15(10-23)17(12-25)13-4-2-1-3-5-13;/h1-5,8-9,15,17H,6-7,10-12,23H2,(H,24,26);1H/t15-,17+;/m1./s1. The van der Waals surface area contributed by atoms with Gasteiger partial charge in [0.1, 0.15) is 5.82 Å². The molecule has 2 amide bonds. The average molecular weight is 404 g/mol. The number of anilines is 1. The Morgan fingerprint density at radius 1 is 1.18 bits per heavy atom. The first-order valence-electron chi connectivity index (χ1n) is 9.23. The number of fused-ring (bicyclic) bond motifs is 1. The van der Waals surface area contributed by atoms with E-state index in [0.717, 1.165) is 11.1 Å². The zero-order valence-electron chi connectivity index (χ0n) is 15.4. The maximum Gasteiger partial charge on any atom is 0.256 e. The van der Waals surface area contributed by atoms with E-state index in [4.69, 9.17) is 5.73 Å². The molecule has 0 bridgehead atoms. The second-order valence-corrected chi connectivity index (χ2v) is 7.26. The number of aryl methyl sites for hydroxylation is 1. The lowest BCUT2D eigenvalue weighted by atomic mass is 9.89. The van der Waals surface area contributed by atoms with Crippen molar-refractivity contribution in [1.82, 2.24) is 4.90 Å². The lowest BCUT2D eigenvalue weighted by Crippen LogP contribution is -2.31. The molecule has 2 aliphatic heterocycles. The van der Waals surface area contributed by atoms with Gasteiger partial charge in [-0.05, 0) is 42.1 Å². The van der Waals surface area contributed by atoms with E-state index < -0.39 is 5.82 Å². The minimum atomic E-state index is -0.603. The maximum atomic E-state index is 14.6.